The molecule has 58 heavy (non-hydrogen) atoms. The van der Waals surface area contributed by atoms with Crippen molar-refractivity contribution in [2.45, 2.75) is 19.3 Å². The molecule has 0 unspecified atom stereocenters. The SMILES string of the molecule is CC1(C)c2ccccc2N(c2cc(-c3cccc(-c4cccc(-c5nc(-c6ccccc6)nc(-c6ccccc6)n5)c4)c3)nc(-c3ccccc3)n2)c2ccccc21. The molecule has 7 aromatic carbocycles. The molecule has 0 aliphatic carbocycles. The number of rotatable bonds is 7. The highest BCUT2D eigenvalue weighted by Crippen LogP contribution is 2.51. The number of hydrogen-bond acceptors (Lipinski definition) is 6. The highest BCUT2D eigenvalue weighted by atomic mass is 15.2. The van der Waals surface area contributed by atoms with E-state index in [0.29, 0.717) is 23.3 Å². The summed E-state index contributed by atoms with van der Waals surface area (Å²) >= 11 is 0. The molecule has 3 heterocycles. The highest BCUT2D eigenvalue weighted by molar-refractivity contribution is 5.86. The van der Waals surface area contributed by atoms with Crippen molar-refractivity contribution in [3.63, 3.8) is 0 Å². The van der Waals surface area contributed by atoms with Gasteiger partial charge >= 0.3 is 0 Å². The van der Waals surface area contributed by atoms with Crippen molar-refractivity contribution in [1.82, 2.24) is 24.9 Å². The van der Waals surface area contributed by atoms with Crippen molar-refractivity contribution in [3.05, 3.63) is 205 Å². The molecule has 0 spiro atoms. The van der Waals surface area contributed by atoms with Crippen LogP contribution in [0, 0.1) is 0 Å². The van der Waals surface area contributed by atoms with Crippen LogP contribution >= 0.6 is 0 Å². The summed E-state index contributed by atoms with van der Waals surface area (Å²) in [6.45, 7) is 4.60. The lowest BCUT2D eigenvalue weighted by atomic mass is 9.73. The van der Waals surface area contributed by atoms with Crippen LogP contribution in [0.15, 0.2) is 194 Å². The Labute approximate surface area is 338 Å². The topological polar surface area (TPSA) is 67.7 Å². The van der Waals surface area contributed by atoms with E-state index < -0.39 is 0 Å². The molecule has 0 bridgehead atoms. The van der Waals surface area contributed by atoms with Crippen molar-refractivity contribution < 1.29 is 0 Å². The van der Waals surface area contributed by atoms with E-state index in [2.05, 4.69) is 134 Å². The van der Waals surface area contributed by atoms with Gasteiger partial charge in [-0.05, 0) is 46.5 Å². The Morgan fingerprint density at radius 1 is 0.328 bits per heavy atom. The summed E-state index contributed by atoms with van der Waals surface area (Å²) in [4.78, 5) is 27.7. The molecular weight excluding hydrogens is 709 g/mol. The van der Waals surface area contributed by atoms with E-state index in [-0.39, 0.29) is 5.41 Å². The maximum absolute atomic E-state index is 5.28. The summed E-state index contributed by atoms with van der Waals surface area (Å²) in [5.74, 6) is 3.36. The maximum atomic E-state index is 5.28. The van der Waals surface area contributed by atoms with E-state index in [1.807, 2.05) is 78.9 Å². The fourth-order valence-electron chi connectivity index (χ4n) is 7.96. The number of hydrogen-bond donors (Lipinski definition) is 0. The first-order chi connectivity index (χ1) is 28.5. The van der Waals surface area contributed by atoms with Crippen molar-refractivity contribution >= 4 is 17.2 Å². The van der Waals surface area contributed by atoms with Crippen molar-refractivity contribution in [2.24, 2.45) is 0 Å². The fourth-order valence-corrected chi connectivity index (χ4v) is 7.96. The molecule has 0 fully saturated rings. The van der Waals surface area contributed by atoms with E-state index in [1.54, 1.807) is 0 Å². The van der Waals surface area contributed by atoms with Crippen LogP contribution in [0.3, 0.4) is 0 Å². The summed E-state index contributed by atoms with van der Waals surface area (Å²) in [5, 5.41) is 0. The molecule has 2 aromatic heterocycles. The fraction of sp³-hybridized carbons (Fsp3) is 0.0577. The monoisotopic (exact) mass is 746 g/mol. The predicted octanol–water partition coefficient (Wildman–Crippen LogP) is 12.8. The van der Waals surface area contributed by atoms with Crippen LogP contribution in [-0.2, 0) is 5.41 Å². The third kappa shape index (κ3) is 6.40. The summed E-state index contributed by atoms with van der Waals surface area (Å²) in [5.41, 5.74) is 12.2. The maximum Gasteiger partial charge on any atom is 0.164 e. The quantitative estimate of drug-likeness (QED) is 0.162. The van der Waals surface area contributed by atoms with Crippen LogP contribution in [0.4, 0.5) is 17.2 Å². The summed E-state index contributed by atoms with van der Waals surface area (Å²) < 4.78 is 0. The smallest absolute Gasteiger partial charge is 0.164 e. The van der Waals surface area contributed by atoms with Crippen LogP contribution in [-0.4, -0.2) is 24.9 Å². The van der Waals surface area contributed by atoms with Gasteiger partial charge in [-0.15, -0.1) is 0 Å². The molecule has 0 saturated heterocycles. The molecule has 6 heteroatoms. The summed E-state index contributed by atoms with van der Waals surface area (Å²) in [6.07, 6.45) is 0. The number of aromatic nitrogens is 5. The zero-order valence-electron chi connectivity index (χ0n) is 32.2. The predicted molar refractivity (Wildman–Crippen MR) is 235 cm³/mol. The van der Waals surface area contributed by atoms with Crippen molar-refractivity contribution in [3.8, 4) is 67.9 Å². The molecule has 0 N–H and O–H groups in total. The van der Waals surface area contributed by atoms with Crippen LogP contribution in [0.25, 0.3) is 67.9 Å². The molecular formula is C52H38N6. The van der Waals surface area contributed by atoms with Crippen LogP contribution in [0.2, 0.25) is 0 Å². The largest absolute Gasteiger partial charge is 0.294 e. The minimum atomic E-state index is -0.182. The number of benzene rings is 7. The average molecular weight is 747 g/mol. The van der Waals surface area contributed by atoms with Gasteiger partial charge in [0.25, 0.3) is 0 Å². The highest BCUT2D eigenvalue weighted by Gasteiger charge is 2.37. The molecule has 0 amide bonds. The second kappa shape index (κ2) is 14.5. The first-order valence-corrected chi connectivity index (χ1v) is 19.5. The lowest BCUT2D eigenvalue weighted by molar-refractivity contribution is 0.631. The zero-order valence-corrected chi connectivity index (χ0v) is 32.2. The molecule has 0 saturated carbocycles. The van der Waals surface area contributed by atoms with Gasteiger partial charge in [0, 0.05) is 39.3 Å². The van der Waals surface area contributed by atoms with E-state index in [9.17, 15) is 0 Å². The van der Waals surface area contributed by atoms with E-state index in [1.165, 1.54) is 11.1 Å². The summed E-state index contributed by atoms with van der Waals surface area (Å²) in [6, 6.07) is 66.8. The van der Waals surface area contributed by atoms with Gasteiger partial charge in [0.2, 0.25) is 0 Å². The van der Waals surface area contributed by atoms with Crippen LogP contribution in [0.5, 0.6) is 0 Å². The molecule has 0 radical (unpaired) electrons. The third-order valence-electron chi connectivity index (χ3n) is 10.9. The van der Waals surface area contributed by atoms with E-state index in [0.717, 1.165) is 61.8 Å². The number of para-hydroxylation sites is 2. The Morgan fingerprint density at radius 2 is 0.707 bits per heavy atom. The average Bonchev–Trinajstić information content (AvgIpc) is 3.30. The second-order valence-electron chi connectivity index (χ2n) is 15.0. The van der Waals surface area contributed by atoms with Gasteiger partial charge in [0.05, 0.1) is 17.1 Å². The minimum absolute atomic E-state index is 0.182. The Kier molecular flexibility index (Phi) is 8.72. The normalized spacial score (nSPS) is 12.8. The molecule has 9 aromatic rings. The Morgan fingerprint density at radius 3 is 1.22 bits per heavy atom. The van der Waals surface area contributed by atoms with Crippen LogP contribution in [0.1, 0.15) is 25.0 Å². The first kappa shape index (κ1) is 34.9. The number of nitrogens with zero attached hydrogens (tertiary/aromatic N) is 6. The standard InChI is InChI=1S/C52H38N6/c1-52(2)42-28-12-14-30-45(42)58(46-31-15-13-29-43(46)52)47-34-44(53-48(54-47)35-18-6-3-7-19-35)40-26-16-24-38(32-40)39-25-17-27-41(33-39)51-56-49(36-20-8-4-9-21-36)55-50(57-51)37-22-10-5-11-23-37/h3-34H,1-2H3. The second-order valence-corrected chi connectivity index (χ2v) is 15.0. The number of anilines is 3. The Bertz CT molecular complexity index is 2820. The van der Waals surface area contributed by atoms with Crippen LogP contribution < -0.4 is 4.90 Å². The van der Waals surface area contributed by atoms with E-state index >= 15 is 0 Å². The zero-order chi connectivity index (χ0) is 39.1. The van der Waals surface area contributed by atoms with Gasteiger partial charge in [0.1, 0.15) is 5.82 Å². The van der Waals surface area contributed by atoms with Gasteiger partial charge in [-0.25, -0.2) is 24.9 Å². The van der Waals surface area contributed by atoms with Gasteiger partial charge in [-0.1, -0.05) is 178 Å². The minimum Gasteiger partial charge on any atom is -0.294 e. The molecule has 276 valence electrons. The molecule has 1 aliphatic heterocycles. The van der Waals surface area contributed by atoms with Crippen molar-refractivity contribution in [2.75, 3.05) is 4.90 Å². The lowest BCUT2D eigenvalue weighted by Crippen LogP contribution is -2.31. The van der Waals surface area contributed by atoms with E-state index in [4.69, 9.17) is 24.9 Å². The number of fused-ring (bicyclic) bond motifs is 2. The van der Waals surface area contributed by atoms with Gasteiger partial charge in [-0.3, -0.25) is 4.90 Å². The summed E-state index contributed by atoms with van der Waals surface area (Å²) in [7, 11) is 0. The third-order valence-corrected chi connectivity index (χ3v) is 10.9. The first-order valence-electron chi connectivity index (χ1n) is 19.5. The van der Waals surface area contributed by atoms with Gasteiger partial charge < -0.3 is 0 Å². The molecule has 6 nitrogen and oxygen atoms in total. The molecule has 1 aliphatic rings. The molecule has 10 rings (SSSR count). The van der Waals surface area contributed by atoms with Crippen molar-refractivity contribution in [1.29, 1.82) is 0 Å². The van der Waals surface area contributed by atoms with Gasteiger partial charge in [0.15, 0.2) is 23.3 Å². The Balaban J connectivity index is 1.09. The molecule has 0 atom stereocenters. The Hall–Kier alpha value is -7.57. The lowest BCUT2D eigenvalue weighted by Gasteiger charge is -2.41. The van der Waals surface area contributed by atoms with Gasteiger partial charge in [-0.2, -0.15) is 0 Å².